The Hall–Kier alpha value is 1.17. The Morgan fingerprint density at radius 1 is 0.864 bits per heavy atom. The summed E-state index contributed by atoms with van der Waals surface area (Å²) in [6.45, 7) is 6.97. The first-order valence-corrected chi connectivity index (χ1v) is 11.3. The van der Waals surface area contributed by atoms with E-state index in [0.717, 1.165) is 0 Å². The number of hydrogen-bond acceptors (Lipinski definition) is 6. The fourth-order valence-corrected chi connectivity index (χ4v) is 6.79. The second kappa shape index (κ2) is 10.2. The quantitative estimate of drug-likeness (QED) is 0.303. The Morgan fingerprint density at radius 2 is 1.23 bits per heavy atom. The zero-order chi connectivity index (χ0) is 17.4. The van der Waals surface area contributed by atoms with E-state index >= 15 is 0 Å². The summed E-state index contributed by atoms with van der Waals surface area (Å²) in [6.07, 6.45) is -0.355. The number of halogens is 3. The van der Waals surface area contributed by atoms with E-state index in [2.05, 4.69) is 0 Å². The molecule has 0 aliphatic carbocycles. The van der Waals surface area contributed by atoms with Crippen molar-refractivity contribution in [1.29, 1.82) is 0 Å². The Morgan fingerprint density at radius 3 is 1.55 bits per heavy atom. The second-order valence-electron chi connectivity index (χ2n) is 4.01. The normalized spacial score (nSPS) is 15.0. The molecule has 0 aliphatic rings. The minimum atomic E-state index is -3.87. The summed E-state index contributed by atoms with van der Waals surface area (Å²) < 4.78 is 43.7. The molecule has 6 nitrogen and oxygen atoms in total. The molecule has 1 unspecified atom stereocenters. The minimum Gasteiger partial charge on any atom is -0.308 e. The van der Waals surface area contributed by atoms with Gasteiger partial charge in [0, 0.05) is 6.42 Å². The molecule has 0 aromatic carbocycles. The Bertz CT molecular complexity index is 401. The van der Waals surface area contributed by atoms with Gasteiger partial charge in [0.15, 0.2) is 0 Å². The zero-order valence-electron chi connectivity index (χ0n) is 13.1. The second-order valence-corrected chi connectivity index (χ2v) is 11.3. The van der Waals surface area contributed by atoms with Gasteiger partial charge in [0.25, 0.3) is 0 Å². The van der Waals surface area contributed by atoms with Crippen LogP contribution in [0.1, 0.15) is 34.1 Å². The van der Waals surface area contributed by atoms with E-state index in [1.807, 2.05) is 0 Å². The van der Waals surface area contributed by atoms with Crippen molar-refractivity contribution in [3.8, 4) is 0 Å². The molecule has 0 bridgehead atoms. The van der Waals surface area contributed by atoms with Crippen LogP contribution < -0.4 is 0 Å². The van der Waals surface area contributed by atoms with Crippen molar-refractivity contribution < 1.29 is 27.2 Å². The number of rotatable bonds is 12. The third-order valence-corrected chi connectivity index (χ3v) is 9.08. The number of hydrogen-bond donors (Lipinski definition) is 0. The largest absolute Gasteiger partial charge is 0.366 e. The fourth-order valence-electron chi connectivity index (χ4n) is 1.55. The summed E-state index contributed by atoms with van der Waals surface area (Å²) >= 11 is 18.4. The van der Waals surface area contributed by atoms with Crippen LogP contribution in [0.2, 0.25) is 0 Å². The van der Waals surface area contributed by atoms with Crippen molar-refractivity contribution >= 4 is 50.0 Å². The highest BCUT2D eigenvalue weighted by Crippen LogP contribution is 2.69. The summed E-state index contributed by atoms with van der Waals surface area (Å²) in [5, 5.41) is -1.20. The monoisotopic (exact) mass is 418 g/mol. The van der Waals surface area contributed by atoms with Crippen LogP contribution in [0.15, 0.2) is 0 Å². The molecule has 0 saturated heterocycles. The first-order valence-electron chi connectivity index (χ1n) is 6.92. The molecule has 11 heteroatoms. The van der Waals surface area contributed by atoms with Gasteiger partial charge < -0.3 is 18.1 Å². The molecule has 0 spiro atoms. The van der Waals surface area contributed by atoms with E-state index < -0.39 is 24.4 Å². The summed E-state index contributed by atoms with van der Waals surface area (Å²) in [6, 6.07) is 0. The van der Waals surface area contributed by atoms with Crippen molar-refractivity contribution in [3.05, 3.63) is 0 Å². The predicted molar refractivity (Wildman–Crippen MR) is 90.4 cm³/mol. The van der Waals surface area contributed by atoms with Crippen molar-refractivity contribution in [3.63, 3.8) is 0 Å². The lowest BCUT2D eigenvalue weighted by Gasteiger charge is -2.31. The molecule has 134 valence electrons. The molecular weight excluding hydrogens is 396 g/mol. The summed E-state index contributed by atoms with van der Waals surface area (Å²) in [7, 11) is -7.52. The average Bonchev–Trinajstić information content (AvgIpc) is 2.39. The van der Waals surface area contributed by atoms with Crippen LogP contribution in [0, 0.1) is 0 Å². The van der Waals surface area contributed by atoms with Crippen LogP contribution in [-0.2, 0) is 27.2 Å². The lowest BCUT2D eigenvalue weighted by Crippen LogP contribution is -2.23. The third kappa shape index (κ3) is 6.23. The molecule has 0 fully saturated rings. The van der Waals surface area contributed by atoms with Gasteiger partial charge in [-0.25, -0.2) is 0 Å². The molecule has 22 heavy (non-hydrogen) atoms. The van der Waals surface area contributed by atoms with E-state index in [1.54, 1.807) is 27.7 Å². The highest BCUT2D eigenvalue weighted by molar-refractivity contribution is 7.60. The van der Waals surface area contributed by atoms with E-state index in [9.17, 15) is 9.13 Å². The van der Waals surface area contributed by atoms with Gasteiger partial charge in [0.05, 0.1) is 26.4 Å². The van der Waals surface area contributed by atoms with Gasteiger partial charge in [-0.15, -0.1) is 11.6 Å². The smallest absolute Gasteiger partial charge is 0.308 e. The molecule has 0 aromatic heterocycles. The van der Waals surface area contributed by atoms with E-state index in [0.29, 0.717) is 0 Å². The number of alkyl halides is 3. The molecule has 0 amide bonds. The Balaban J connectivity index is 5.29. The van der Waals surface area contributed by atoms with Gasteiger partial charge in [-0.1, -0.05) is 23.2 Å². The SMILES string of the molecule is CCOP(=O)(OCC)C(Cl)CC(Cl)(Cl)P(=O)(OCC)OCC. The van der Waals surface area contributed by atoms with Crippen LogP contribution >= 0.6 is 50.0 Å². The summed E-state index contributed by atoms with van der Waals surface area (Å²) in [5.41, 5.74) is 0. The molecule has 0 radical (unpaired) electrons. The molecule has 1 atom stereocenters. The van der Waals surface area contributed by atoms with Gasteiger partial charge in [0.2, 0.25) is 4.07 Å². The maximum atomic E-state index is 12.7. The van der Waals surface area contributed by atoms with Gasteiger partial charge >= 0.3 is 15.2 Å². The van der Waals surface area contributed by atoms with Crippen LogP contribution in [0.4, 0.5) is 0 Å². The zero-order valence-corrected chi connectivity index (χ0v) is 17.1. The van der Waals surface area contributed by atoms with Gasteiger partial charge in [0.1, 0.15) is 5.12 Å². The van der Waals surface area contributed by atoms with Crippen LogP contribution in [0.5, 0.6) is 0 Å². The average molecular weight is 420 g/mol. The lowest BCUT2D eigenvalue weighted by atomic mass is 10.5. The molecule has 0 N–H and O–H groups in total. The fraction of sp³-hybridized carbons (Fsp3) is 1.00. The van der Waals surface area contributed by atoms with Gasteiger partial charge in [-0.2, -0.15) is 0 Å². The third-order valence-electron chi connectivity index (χ3n) is 2.37. The molecular formula is C11H23Cl3O6P2. The maximum absolute atomic E-state index is 12.7. The van der Waals surface area contributed by atoms with Crippen LogP contribution in [0.25, 0.3) is 0 Å². The molecule has 0 heterocycles. The van der Waals surface area contributed by atoms with E-state index in [-0.39, 0.29) is 32.8 Å². The predicted octanol–water partition coefficient (Wildman–Crippen LogP) is 5.61. The van der Waals surface area contributed by atoms with Crippen molar-refractivity contribution in [1.82, 2.24) is 0 Å². The maximum Gasteiger partial charge on any atom is 0.366 e. The van der Waals surface area contributed by atoms with E-state index in [4.69, 9.17) is 52.9 Å². The van der Waals surface area contributed by atoms with Crippen molar-refractivity contribution in [2.45, 2.75) is 43.3 Å². The first-order chi connectivity index (χ1) is 10.1. The van der Waals surface area contributed by atoms with E-state index in [1.165, 1.54) is 0 Å². The summed E-state index contributed by atoms with van der Waals surface area (Å²) in [4.78, 5) is 0. The molecule has 0 saturated carbocycles. The van der Waals surface area contributed by atoms with Crippen molar-refractivity contribution in [2.75, 3.05) is 26.4 Å². The summed E-state index contributed by atoms with van der Waals surface area (Å²) in [5.74, 6) is 0. The highest BCUT2D eigenvalue weighted by atomic mass is 35.5. The molecule has 0 aromatic rings. The highest BCUT2D eigenvalue weighted by Gasteiger charge is 2.52. The topological polar surface area (TPSA) is 71.1 Å². The van der Waals surface area contributed by atoms with Crippen LogP contribution in [0.3, 0.4) is 0 Å². The lowest BCUT2D eigenvalue weighted by molar-refractivity contribution is 0.209. The molecule has 0 rings (SSSR count). The Kier molecular flexibility index (Phi) is 10.8. The van der Waals surface area contributed by atoms with Crippen LogP contribution in [-0.4, -0.2) is 35.6 Å². The first kappa shape index (κ1) is 23.2. The standard InChI is InChI=1S/C11H23Cl3O6P2/c1-5-17-21(15,18-6-2)10(12)9-11(13,14)22(16,19-7-3)20-8-4/h10H,5-9H2,1-4H3. The Labute approximate surface area is 147 Å². The minimum absolute atomic E-state index is 0.0833. The van der Waals surface area contributed by atoms with Gasteiger partial charge in [-0.3, -0.25) is 9.13 Å². The van der Waals surface area contributed by atoms with Crippen molar-refractivity contribution in [2.24, 2.45) is 0 Å². The van der Waals surface area contributed by atoms with Gasteiger partial charge in [-0.05, 0) is 27.7 Å². The molecule has 0 aliphatic heterocycles.